The molecular formula is C10H18N2O4S. The van der Waals surface area contributed by atoms with Crippen LogP contribution in [0.15, 0.2) is 11.5 Å². The third-order valence-corrected chi connectivity index (χ3v) is 2.72. The first kappa shape index (κ1) is 14.0. The third-order valence-electron chi connectivity index (χ3n) is 2.18. The highest BCUT2D eigenvalue weighted by atomic mass is 32.2. The minimum atomic E-state index is -3.64. The summed E-state index contributed by atoms with van der Waals surface area (Å²) in [4.78, 5) is 13.1. The lowest BCUT2D eigenvalue weighted by atomic mass is 10.0. The maximum absolute atomic E-state index is 11.7. The van der Waals surface area contributed by atoms with Gasteiger partial charge in [0.15, 0.2) is 0 Å². The van der Waals surface area contributed by atoms with Crippen LogP contribution in [-0.4, -0.2) is 37.6 Å². The van der Waals surface area contributed by atoms with Gasteiger partial charge in [-0.15, -0.1) is 0 Å². The second-order valence-electron chi connectivity index (χ2n) is 4.95. The summed E-state index contributed by atoms with van der Waals surface area (Å²) < 4.78 is 26.7. The number of sulfonamides is 1. The number of nitrogens with two attached hydrogens (primary N) is 1. The molecule has 0 spiro atoms. The molecule has 1 saturated heterocycles. The average Bonchev–Trinajstić information content (AvgIpc) is 1.94. The number of carbonyl (C=O) groups excluding carboxylic acids is 1. The minimum Gasteiger partial charge on any atom is -0.444 e. The van der Waals surface area contributed by atoms with E-state index in [0.717, 1.165) is 5.41 Å². The standard InChI is InChI=1S/C10H18N2O4S/c1-10(2,3)16-9(13)12-6-4-8(12)5-7-17(11,14)15/h5,7-8H,4,6H2,1-3H3,(H2,11,14,15)/b7-5+. The van der Waals surface area contributed by atoms with E-state index >= 15 is 0 Å². The Hall–Kier alpha value is -1.08. The Bertz CT molecular complexity index is 422. The highest BCUT2D eigenvalue weighted by molar-refractivity contribution is 7.92. The molecule has 7 heteroatoms. The van der Waals surface area contributed by atoms with Crippen LogP contribution in [-0.2, 0) is 14.8 Å². The van der Waals surface area contributed by atoms with Gasteiger partial charge >= 0.3 is 6.09 Å². The molecule has 17 heavy (non-hydrogen) atoms. The fraction of sp³-hybridized carbons (Fsp3) is 0.700. The van der Waals surface area contributed by atoms with Crippen molar-refractivity contribution in [3.63, 3.8) is 0 Å². The van der Waals surface area contributed by atoms with Crippen LogP contribution in [0.1, 0.15) is 27.2 Å². The van der Waals surface area contributed by atoms with Gasteiger partial charge in [0.2, 0.25) is 10.0 Å². The molecule has 1 aliphatic rings. The highest BCUT2D eigenvalue weighted by Crippen LogP contribution is 2.22. The summed E-state index contributed by atoms with van der Waals surface area (Å²) in [6.07, 6.45) is 1.68. The molecule has 0 aromatic heterocycles. The molecule has 0 aliphatic carbocycles. The van der Waals surface area contributed by atoms with E-state index in [4.69, 9.17) is 9.88 Å². The molecule has 1 rings (SSSR count). The molecule has 0 saturated carbocycles. The second kappa shape index (κ2) is 4.66. The maximum Gasteiger partial charge on any atom is 0.410 e. The zero-order chi connectivity index (χ0) is 13.3. The van der Waals surface area contributed by atoms with Crippen molar-refractivity contribution < 1.29 is 17.9 Å². The van der Waals surface area contributed by atoms with Gasteiger partial charge in [0, 0.05) is 12.0 Å². The average molecular weight is 262 g/mol. The number of nitrogens with zero attached hydrogens (tertiary/aromatic N) is 1. The van der Waals surface area contributed by atoms with Gasteiger partial charge < -0.3 is 9.64 Å². The SMILES string of the molecule is CC(C)(C)OC(=O)N1CCC1/C=C/S(N)(=O)=O. The van der Waals surface area contributed by atoms with Crippen LogP contribution >= 0.6 is 0 Å². The van der Waals surface area contributed by atoms with Crippen LogP contribution in [0.3, 0.4) is 0 Å². The zero-order valence-corrected chi connectivity index (χ0v) is 11.0. The summed E-state index contributed by atoms with van der Waals surface area (Å²) in [5.74, 6) is 0. The quantitative estimate of drug-likeness (QED) is 0.797. The zero-order valence-electron chi connectivity index (χ0n) is 10.2. The smallest absolute Gasteiger partial charge is 0.410 e. The molecule has 2 N–H and O–H groups in total. The van der Waals surface area contributed by atoms with Gasteiger partial charge in [-0.3, -0.25) is 0 Å². The number of rotatable bonds is 2. The van der Waals surface area contributed by atoms with Crippen molar-refractivity contribution >= 4 is 16.1 Å². The topological polar surface area (TPSA) is 89.7 Å². The maximum atomic E-state index is 11.7. The number of hydrogen-bond donors (Lipinski definition) is 1. The van der Waals surface area contributed by atoms with E-state index in [9.17, 15) is 13.2 Å². The first-order chi connectivity index (χ1) is 7.58. The molecule has 0 radical (unpaired) electrons. The molecule has 1 fully saturated rings. The molecule has 1 heterocycles. The third kappa shape index (κ3) is 4.74. The van der Waals surface area contributed by atoms with Gasteiger partial charge in [0.1, 0.15) is 5.60 Å². The number of hydrogen-bond acceptors (Lipinski definition) is 4. The van der Waals surface area contributed by atoms with E-state index < -0.39 is 21.7 Å². The monoisotopic (exact) mass is 262 g/mol. The van der Waals surface area contributed by atoms with Crippen molar-refractivity contribution in [2.75, 3.05) is 6.54 Å². The Labute approximate surface area is 101 Å². The van der Waals surface area contributed by atoms with Crippen LogP contribution in [0.5, 0.6) is 0 Å². The van der Waals surface area contributed by atoms with Gasteiger partial charge in [-0.1, -0.05) is 0 Å². The molecule has 0 aromatic carbocycles. The van der Waals surface area contributed by atoms with Crippen LogP contribution in [0.2, 0.25) is 0 Å². The first-order valence-electron chi connectivity index (χ1n) is 5.29. The van der Waals surface area contributed by atoms with E-state index in [1.54, 1.807) is 20.8 Å². The van der Waals surface area contributed by atoms with Gasteiger partial charge in [-0.05, 0) is 33.3 Å². The van der Waals surface area contributed by atoms with Crippen molar-refractivity contribution in [2.24, 2.45) is 5.14 Å². The number of amides is 1. The predicted molar refractivity (Wildman–Crippen MR) is 63.6 cm³/mol. The van der Waals surface area contributed by atoms with Gasteiger partial charge in [-0.25, -0.2) is 18.4 Å². The van der Waals surface area contributed by atoms with Gasteiger partial charge in [0.25, 0.3) is 0 Å². The lowest BCUT2D eigenvalue weighted by molar-refractivity contribution is 0.00282. The molecule has 0 bridgehead atoms. The molecule has 1 aliphatic heterocycles. The van der Waals surface area contributed by atoms with E-state index in [0.29, 0.717) is 13.0 Å². The molecule has 6 nitrogen and oxygen atoms in total. The minimum absolute atomic E-state index is 0.247. The fourth-order valence-electron chi connectivity index (χ4n) is 1.35. The molecule has 1 unspecified atom stereocenters. The number of primary sulfonamides is 1. The largest absolute Gasteiger partial charge is 0.444 e. The Balaban J connectivity index is 2.58. The fourth-order valence-corrected chi connectivity index (χ4v) is 1.76. The molecule has 1 amide bonds. The van der Waals surface area contributed by atoms with Crippen molar-refractivity contribution in [1.29, 1.82) is 0 Å². The summed E-state index contributed by atoms with van der Waals surface area (Å²) in [5, 5.41) is 5.75. The number of likely N-dealkylation sites (tertiary alicyclic amines) is 1. The van der Waals surface area contributed by atoms with Crippen LogP contribution in [0.4, 0.5) is 4.79 Å². The Morgan fingerprint density at radius 3 is 2.41 bits per heavy atom. The number of carbonyl (C=O) groups is 1. The van der Waals surface area contributed by atoms with Crippen molar-refractivity contribution in [2.45, 2.75) is 38.8 Å². The van der Waals surface area contributed by atoms with Crippen molar-refractivity contribution in [3.8, 4) is 0 Å². The predicted octanol–water partition coefficient (Wildman–Crippen LogP) is 0.798. The summed E-state index contributed by atoms with van der Waals surface area (Å²) in [5.41, 5.74) is -0.555. The molecule has 98 valence electrons. The van der Waals surface area contributed by atoms with E-state index in [-0.39, 0.29) is 6.04 Å². The van der Waals surface area contributed by atoms with Gasteiger partial charge in [0.05, 0.1) is 6.04 Å². The molecule has 1 atom stereocenters. The Morgan fingerprint density at radius 2 is 2.06 bits per heavy atom. The molecule has 0 aromatic rings. The lowest BCUT2D eigenvalue weighted by Gasteiger charge is -2.39. The second-order valence-corrected chi connectivity index (χ2v) is 6.40. The van der Waals surface area contributed by atoms with Crippen LogP contribution in [0.25, 0.3) is 0 Å². The number of ether oxygens (including phenoxy) is 1. The van der Waals surface area contributed by atoms with E-state index in [1.807, 2.05) is 0 Å². The van der Waals surface area contributed by atoms with Crippen molar-refractivity contribution in [1.82, 2.24) is 4.90 Å². The van der Waals surface area contributed by atoms with Gasteiger partial charge in [-0.2, -0.15) is 0 Å². The van der Waals surface area contributed by atoms with E-state index in [2.05, 4.69) is 0 Å². The van der Waals surface area contributed by atoms with Crippen molar-refractivity contribution in [3.05, 3.63) is 11.5 Å². The molecular weight excluding hydrogens is 244 g/mol. The summed E-state index contributed by atoms with van der Waals surface area (Å²) in [6.45, 7) is 5.90. The first-order valence-corrected chi connectivity index (χ1v) is 6.90. The lowest BCUT2D eigenvalue weighted by Crippen LogP contribution is -2.51. The summed E-state index contributed by atoms with van der Waals surface area (Å²) in [6, 6.07) is -0.247. The Kier molecular flexibility index (Phi) is 3.83. The summed E-state index contributed by atoms with van der Waals surface area (Å²) >= 11 is 0. The van der Waals surface area contributed by atoms with E-state index in [1.165, 1.54) is 11.0 Å². The highest BCUT2D eigenvalue weighted by Gasteiger charge is 2.33. The van der Waals surface area contributed by atoms with Crippen LogP contribution < -0.4 is 5.14 Å². The summed E-state index contributed by atoms with van der Waals surface area (Å²) in [7, 11) is -3.64. The van der Waals surface area contributed by atoms with Crippen LogP contribution in [0, 0.1) is 0 Å². The normalized spacial score (nSPS) is 21.4. The Morgan fingerprint density at radius 1 is 1.47 bits per heavy atom.